The van der Waals surface area contributed by atoms with Crippen molar-refractivity contribution in [3.63, 3.8) is 0 Å². The number of hydrogen-bond acceptors (Lipinski definition) is 6. The number of carbonyl (C=O) groups is 3. The molecule has 0 aromatic heterocycles. The summed E-state index contributed by atoms with van der Waals surface area (Å²) >= 11 is 0. The van der Waals surface area contributed by atoms with Crippen molar-refractivity contribution >= 4 is 17.9 Å². The molecule has 0 bridgehead atoms. The van der Waals surface area contributed by atoms with Crippen molar-refractivity contribution in [1.29, 1.82) is 0 Å². The second-order valence-electron chi connectivity index (χ2n) is 17.2. The van der Waals surface area contributed by atoms with Crippen LogP contribution in [0.4, 0.5) is 0 Å². The molecule has 0 saturated heterocycles. The highest BCUT2D eigenvalue weighted by atomic mass is 16.6. The Hall–Kier alpha value is -3.93. The van der Waals surface area contributed by atoms with Gasteiger partial charge < -0.3 is 14.2 Å². The molecule has 0 aliphatic carbocycles. The lowest BCUT2D eigenvalue weighted by Gasteiger charge is -2.18. The number of rotatable bonds is 46. The zero-order valence-corrected chi connectivity index (χ0v) is 42.0. The first kappa shape index (κ1) is 61.1. The van der Waals surface area contributed by atoms with Crippen LogP contribution in [0.3, 0.4) is 0 Å². The number of ether oxygens (including phenoxy) is 3. The molecule has 0 aliphatic rings. The van der Waals surface area contributed by atoms with Gasteiger partial charge in [0.1, 0.15) is 13.2 Å². The average molecular weight is 901 g/mol. The Morgan fingerprint density at radius 3 is 1.11 bits per heavy atom. The smallest absolute Gasteiger partial charge is 0.306 e. The third kappa shape index (κ3) is 50.9. The van der Waals surface area contributed by atoms with Gasteiger partial charge >= 0.3 is 17.9 Å². The molecule has 0 aromatic carbocycles. The fourth-order valence-electron chi connectivity index (χ4n) is 6.96. The Labute approximate surface area is 400 Å². The van der Waals surface area contributed by atoms with E-state index in [4.69, 9.17) is 14.2 Å². The van der Waals surface area contributed by atoms with Crippen LogP contribution in [0, 0.1) is 0 Å². The Morgan fingerprint density at radius 2 is 0.677 bits per heavy atom. The number of hydrogen-bond donors (Lipinski definition) is 0. The maximum absolute atomic E-state index is 12.8. The highest BCUT2D eigenvalue weighted by molar-refractivity contribution is 5.71. The summed E-state index contributed by atoms with van der Waals surface area (Å²) in [5.74, 6) is -0.956. The molecule has 0 aliphatic heterocycles. The van der Waals surface area contributed by atoms with Gasteiger partial charge in [0.2, 0.25) is 0 Å². The molecular formula is C59H96O6. The molecule has 368 valence electrons. The van der Waals surface area contributed by atoms with E-state index in [2.05, 4.69) is 106 Å². The summed E-state index contributed by atoms with van der Waals surface area (Å²) in [5, 5.41) is 0. The van der Waals surface area contributed by atoms with Gasteiger partial charge in [-0.05, 0) is 89.9 Å². The molecule has 0 radical (unpaired) electrons. The van der Waals surface area contributed by atoms with E-state index in [-0.39, 0.29) is 31.1 Å². The summed E-state index contributed by atoms with van der Waals surface area (Å²) in [6.45, 7) is 6.32. The predicted molar refractivity (Wildman–Crippen MR) is 279 cm³/mol. The molecule has 0 spiro atoms. The van der Waals surface area contributed by atoms with E-state index in [9.17, 15) is 14.4 Å². The number of allylic oxidation sites excluding steroid dienone is 18. The summed E-state index contributed by atoms with van der Waals surface area (Å²) in [6.07, 6.45) is 70.7. The Bertz CT molecular complexity index is 1360. The first-order valence-electron chi connectivity index (χ1n) is 26.5. The van der Waals surface area contributed by atoms with Crippen LogP contribution in [0.5, 0.6) is 0 Å². The Balaban J connectivity index is 4.49. The predicted octanol–water partition coefficient (Wildman–Crippen LogP) is 17.5. The summed E-state index contributed by atoms with van der Waals surface area (Å²) in [6, 6.07) is 0. The third-order valence-electron chi connectivity index (χ3n) is 10.9. The average Bonchev–Trinajstić information content (AvgIpc) is 3.30. The minimum absolute atomic E-state index is 0.101. The molecule has 0 heterocycles. The van der Waals surface area contributed by atoms with E-state index in [0.29, 0.717) is 19.3 Å². The van der Waals surface area contributed by atoms with Crippen LogP contribution in [0.2, 0.25) is 0 Å². The van der Waals surface area contributed by atoms with Crippen molar-refractivity contribution in [1.82, 2.24) is 0 Å². The van der Waals surface area contributed by atoms with Gasteiger partial charge in [0.25, 0.3) is 0 Å². The monoisotopic (exact) mass is 901 g/mol. The van der Waals surface area contributed by atoms with Gasteiger partial charge in [0.15, 0.2) is 6.10 Å². The maximum atomic E-state index is 12.8. The van der Waals surface area contributed by atoms with Gasteiger partial charge in [-0.25, -0.2) is 0 Å². The van der Waals surface area contributed by atoms with Crippen LogP contribution in [0.25, 0.3) is 0 Å². The van der Waals surface area contributed by atoms with E-state index in [1.807, 2.05) is 24.3 Å². The van der Waals surface area contributed by atoms with Gasteiger partial charge in [-0.1, -0.05) is 226 Å². The maximum Gasteiger partial charge on any atom is 0.306 e. The highest BCUT2D eigenvalue weighted by Crippen LogP contribution is 2.14. The molecule has 6 heteroatoms. The zero-order chi connectivity index (χ0) is 47.2. The summed E-state index contributed by atoms with van der Waals surface area (Å²) < 4.78 is 16.8. The van der Waals surface area contributed by atoms with Crippen LogP contribution >= 0.6 is 0 Å². The van der Waals surface area contributed by atoms with Crippen LogP contribution in [-0.2, 0) is 28.6 Å². The SMILES string of the molecule is CC\C=C/C=C\C=C/C=C\CCCCCCCC(=O)OC(COC(=O)CCCCCCC\C=C/C=C\C=C/CCCCCCC)COC(=O)CCCCCCCCC/C=C\C/C=C\CC. The van der Waals surface area contributed by atoms with Crippen molar-refractivity contribution in [2.45, 2.75) is 232 Å². The summed E-state index contributed by atoms with van der Waals surface area (Å²) in [4.78, 5) is 38.0. The van der Waals surface area contributed by atoms with Crippen LogP contribution in [0.15, 0.2) is 109 Å². The minimum atomic E-state index is -0.804. The second kappa shape index (κ2) is 52.7. The van der Waals surface area contributed by atoms with Gasteiger partial charge in [0.05, 0.1) is 0 Å². The first-order chi connectivity index (χ1) is 32.0. The Kier molecular flexibility index (Phi) is 49.5. The molecule has 0 N–H and O–H groups in total. The second-order valence-corrected chi connectivity index (χ2v) is 17.2. The van der Waals surface area contributed by atoms with E-state index >= 15 is 0 Å². The molecule has 0 saturated carbocycles. The molecular weight excluding hydrogens is 805 g/mol. The standard InChI is InChI=1S/C59H96O6/c1-4-7-10-13-16-19-22-25-28-29-30-32-34-37-40-43-46-49-52-58(61)64-55-56(54-63-57(60)51-48-45-42-39-36-33-27-24-21-18-15-12-9-6-3)65-59(62)53-50-47-44-41-38-35-31-26-23-20-17-14-11-8-5-2/h8-9,11-12,14,17-18,20-23,25-26,28-32,56H,4-7,10,13,15-16,19,24,27,33-55H2,1-3H3/b11-8-,12-9-,17-14-,21-18-,23-20-,25-22-,29-28-,31-26-,32-30-. The molecule has 6 nitrogen and oxygen atoms in total. The van der Waals surface area contributed by atoms with Gasteiger partial charge in [-0.2, -0.15) is 0 Å². The summed E-state index contributed by atoms with van der Waals surface area (Å²) in [7, 11) is 0. The fraction of sp³-hybridized carbons (Fsp3) is 0.644. The normalized spacial score (nSPS) is 13.0. The van der Waals surface area contributed by atoms with E-state index < -0.39 is 6.10 Å². The number of carbonyl (C=O) groups excluding carboxylic acids is 3. The van der Waals surface area contributed by atoms with E-state index in [1.165, 1.54) is 57.8 Å². The molecule has 0 rings (SSSR count). The van der Waals surface area contributed by atoms with Gasteiger partial charge in [-0.3, -0.25) is 14.4 Å². The number of esters is 3. The minimum Gasteiger partial charge on any atom is -0.462 e. The van der Waals surface area contributed by atoms with Gasteiger partial charge in [0, 0.05) is 19.3 Å². The Morgan fingerprint density at radius 1 is 0.338 bits per heavy atom. The van der Waals surface area contributed by atoms with E-state index in [1.54, 1.807) is 0 Å². The molecule has 1 unspecified atom stereocenters. The van der Waals surface area contributed by atoms with Gasteiger partial charge in [-0.15, -0.1) is 0 Å². The lowest BCUT2D eigenvalue weighted by molar-refractivity contribution is -0.167. The molecule has 0 fully saturated rings. The van der Waals surface area contributed by atoms with E-state index in [0.717, 1.165) is 128 Å². The largest absolute Gasteiger partial charge is 0.462 e. The number of unbranched alkanes of at least 4 members (excludes halogenated alkanes) is 22. The fourth-order valence-corrected chi connectivity index (χ4v) is 6.96. The van der Waals surface area contributed by atoms with Crippen LogP contribution in [0.1, 0.15) is 226 Å². The lowest BCUT2D eigenvalue weighted by Crippen LogP contribution is -2.30. The van der Waals surface area contributed by atoms with Crippen molar-refractivity contribution in [2.75, 3.05) is 13.2 Å². The lowest BCUT2D eigenvalue weighted by atomic mass is 10.1. The van der Waals surface area contributed by atoms with Crippen LogP contribution in [-0.4, -0.2) is 37.2 Å². The highest BCUT2D eigenvalue weighted by Gasteiger charge is 2.19. The van der Waals surface area contributed by atoms with Crippen molar-refractivity contribution in [3.8, 4) is 0 Å². The first-order valence-corrected chi connectivity index (χ1v) is 26.5. The van der Waals surface area contributed by atoms with Crippen LogP contribution < -0.4 is 0 Å². The molecule has 0 amide bonds. The molecule has 65 heavy (non-hydrogen) atoms. The quantitative estimate of drug-likeness (QED) is 0.0199. The zero-order valence-electron chi connectivity index (χ0n) is 42.0. The van der Waals surface area contributed by atoms with Crippen molar-refractivity contribution in [3.05, 3.63) is 109 Å². The van der Waals surface area contributed by atoms with Crippen molar-refractivity contribution in [2.24, 2.45) is 0 Å². The summed E-state index contributed by atoms with van der Waals surface area (Å²) in [5.41, 5.74) is 0. The van der Waals surface area contributed by atoms with Crippen molar-refractivity contribution < 1.29 is 28.6 Å². The molecule has 1 atom stereocenters. The topological polar surface area (TPSA) is 78.9 Å². The molecule has 0 aromatic rings. The third-order valence-corrected chi connectivity index (χ3v) is 10.9.